The minimum absolute atomic E-state index is 0. The summed E-state index contributed by atoms with van der Waals surface area (Å²) in [4.78, 5) is 11.2. The van der Waals surface area contributed by atoms with Gasteiger partial charge in [-0.1, -0.05) is 12.1 Å². The summed E-state index contributed by atoms with van der Waals surface area (Å²) < 4.78 is 17.5. The number of methoxy groups -OCH3 is 1. The lowest BCUT2D eigenvalue weighted by Gasteiger charge is -2.11. The van der Waals surface area contributed by atoms with Crippen LogP contribution in [0, 0.1) is 11.7 Å². The predicted octanol–water partition coefficient (Wildman–Crippen LogP) is 1.54. The van der Waals surface area contributed by atoms with E-state index >= 15 is 0 Å². The molecule has 0 aliphatic rings. The maximum atomic E-state index is 12.9. The van der Waals surface area contributed by atoms with Gasteiger partial charge in [-0.25, -0.2) is 4.39 Å². The van der Waals surface area contributed by atoms with Crippen molar-refractivity contribution in [1.82, 2.24) is 0 Å². The van der Waals surface area contributed by atoms with E-state index in [-0.39, 0.29) is 30.7 Å². The summed E-state index contributed by atoms with van der Waals surface area (Å²) in [6.45, 7) is 0.198. The molecule has 1 rings (SSSR count). The molecule has 0 aromatic heterocycles. The maximum Gasteiger partial charge on any atom is 0.310 e. The Morgan fingerprint density at radius 1 is 1.56 bits per heavy atom. The van der Waals surface area contributed by atoms with Gasteiger partial charge in [-0.05, 0) is 24.1 Å². The highest BCUT2D eigenvalue weighted by molar-refractivity contribution is 5.85. The van der Waals surface area contributed by atoms with Gasteiger partial charge in [-0.3, -0.25) is 4.79 Å². The van der Waals surface area contributed by atoms with Crippen LogP contribution in [0.4, 0.5) is 4.39 Å². The molecule has 90 valence electrons. The molecule has 0 saturated heterocycles. The lowest BCUT2D eigenvalue weighted by atomic mass is 9.99. The zero-order valence-electron chi connectivity index (χ0n) is 8.98. The molecule has 1 atom stereocenters. The van der Waals surface area contributed by atoms with Gasteiger partial charge in [0.1, 0.15) is 5.82 Å². The van der Waals surface area contributed by atoms with E-state index in [0.29, 0.717) is 6.42 Å². The molecule has 0 radical (unpaired) electrons. The van der Waals surface area contributed by atoms with Gasteiger partial charge < -0.3 is 10.5 Å². The van der Waals surface area contributed by atoms with Crippen LogP contribution in [0.1, 0.15) is 5.56 Å². The lowest BCUT2D eigenvalue weighted by molar-refractivity contribution is -0.145. The number of halogens is 2. The zero-order chi connectivity index (χ0) is 11.3. The maximum absolute atomic E-state index is 12.9. The van der Waals surface area contributed by atoms with Gasteiger partial charge in [0, 0.05) is 6.54 Å². The Hall–Kier alpha value is -1.13. The summed E-state index contributed by atoms with van der Waals surface area (Å²) in [7, 11) is 1.32. The van der Waals surface area contributed by atoms with Crippen molar-refractivity contribution in [2.45, 2.75) is 6.42 Å². The van der Waals surface area contributed by atoms with Crippen molar-refractivity contribution in [3.63, 3.8) is 0 Å². The van der Waals surface area contributed by atoms with E-state index in [2.05, 4.69) is 4.74 Å². The number of rotatable bonds is 4. The molecular weight excluding hydrogens is 233 g/mol. The molecule has 0 saturated carbocycles. The van der Waals surface area contributed by atoms with Crippen LogP contribution in [-0.4, -0.2) is 19.6 Å². The third-order valence-corrected chi connectivity index (χ3v) is 2.19. The van der Waals surface area contributed by atoms with Gasteiger partial charge >= 0.3 is 5.97 Å². The topological polar surface area (TPSA) is 52.3 Å². The van der Waals surface area contributed by atoms with Crippen molar-refractivity contribution in [3.05, 3.63) is 35.6 Å². The number of hydrogen-bond acceptors (Lipinski definition) is 3. The van der Waals surface area contributed by atoms with E-state index < -0.39 is 5.92 Å². The van der Waals surface area contributed by atoms with E-state index in [9.17, 15) is 9.18 Å². The summed E-state index contributed by atoms with van der Waals surface area (Å²) in [6, 6.07) is 6.12. The van der Waals surface area contributed by atoms with E-state index in [0.717, 1.165) is 5.56 Å². The predicted molar refractivity (Wildman–Crippen MR) is 61.9 cm³/mol. The van der Waals surface area contributed by atoms with Crippen LogP contribution >= 0.6 is 12.4 Å². The Bertz CT molecular complexity index is 347. The van der Waals surface area contributed by atoms with Gasteiger partial charge in [0.15, 0.2) is 0 Å². The van der Waals surface area contributed by atoms with Crippen LogP contribution in [0.15, 0.2) is 24.3 Å². The van der Waals surface area contributed by atoms with Crippen LogP contribution in [0.2, 0.25) is 0 Å². The fraction of sp³-hybridized carbons (Fsp3) is 0.364. The fourth-order valence-corrected chi connectivity index (χ4v) is 1.38. The van der Waals surface area contributed by atoms with E-state index in [1.54, 1.807) is 12.1 Å². The Balaban J connectivity index is 0.00000225. The highest BCUT2D eigenvalue weighted by atomic mass is 35.5. The minimum Gasteiger partial charge on any atom is -0.469 e. The number of nitrogens with two attached hydrogens (primary N) is 1. The smallest absolute Gasteiger partial charge is 0.310 e. The second kappa shape index (κ2) is 7.19. The molecule has 5 heteroatoms. The van der Waals surface area contributed by atoms with Crippen LogP contribution in [0.3, 0.4) is 0 Å². The molecule has 1 aromatic carbocycles. The van der Waals surface area contributed by atoms with Crippen molar-refractivity contribution in [3.8, 4) is 0 Å². The fourth-order valence-electron chi connectivity index (χ4n) is 1.38. The number of hydrogen-bond donors (Lipinski definition) is 1. The van der Waals surface area contributed by atoms with Gasteiger partial charge in [0.2, 0.25) is 0 Å². The quantitative estimate of drug-likeness (QED) is 0.822. The Morgan fingerprint density at radius 3 is 2.75 bits per heavy atom. The van der Waals surface area contributed by atoms with Gasteiger partial charge in [-0.2, -0.15) is 0 Å². The van der Waals surface area contributed by atoms with Crippen LogP contribution < -0.4 is 5.73 Å². The van der Waals surface area contributed by atoms with Crippen molar-refractivity contribution in [1.29, 1.82) is 0 Å². The third kappa shape index (κ3) is 4.16. The molecule has 0 heterocycles. The number of esters is 1. The van der Waals surface area contributed by atoms with E-state index in [1.807, 2.05) is 0 Å². The van der Waals surface area contributed by atoms with Gasteiger partial charge in [0.25, 0.3) is 0 Å². The molecule has 0 amide bonds. The summed E-state index contributed by atoms with van der Waals surface area (Å²) in [5.74, 6) is -1.08. The van der Waals surface area contributed by atoms with Crippen molar-refractivity contribution >= 4 is 18.4 Å². The van der Waals surface area contributed by atoms with E-state index in [1.165, 1.54) is 19.2 Å². The Kier molecular flexibility index (Phi) is 6.69. The minimum atomic E-state index is -0.406. The highest BCUT2D eigenvalue weighted by Crippen LogP contribution is 2.10. The molecule has 0 aliphatic heterocycles. The summed E-state index contributed by atoms with van der Waals surface area (Å²) in [6.07, 6.45) is 0.404. The molecule has 0 aliphatic carbocycles. The highest BCUT2D eigenvalue weighted by Gasteiger charge is 2.17. The van der Waals surface area contributed by atoms with E-state index in [4.69, 9.17) is 5.73 Å². The SMILES string of the molecule is COC(=O)C(CN)Cc1cccc(F)c1.Cl. The van der Waals surface area contributed by atoms with Crippen molar-refractivity contribution in [2.24, 2.45) is 11.7 Å². The van der Waals surface area contributed by atoms with Crippen LogP contribution in [0.5, 0.6) is 0 Å². The first-order valence-electron chi connectivity index (χ1n) is 4.69. The Labute approximate surface area is 100 Å². The second-order valence-corrected chi connectivity index (χ2v) is 3.29. The number of benzene rings is 1. The second-order valence-electron chi connectivity index (χ2n) is 3.29. The summed E-state index contributed by atoms with van der Waals surface area (Å²) >= 11 is 0. The molecule has 0 fully saturated rings. The molecule has 1 unspecified atom stereocenters. The summed E-state index contributed by atoms with van der Waals surface area (Å²) in [5, 5.41) is 0. The number of ether oxygens (including phenoxy) is 1. The van der Waals surface area contributed by atoms with Crippen LogP contribution in [0.25, 0.3) is 0 Å². The molecule has 16 heavy (non-hydrogen) atoms. The van der Waals surface area contributed by atoms with Crippen molar-refractivity contribution < 1.29 is 13.9 Å². The number of carbonyl (C=O) groups is 1. The monoisotopic (exact) mass is 247 g/mol. The van der Waals surface area contributed by atoms with Gasteiger partial charge in [-0.15, -0.1) is 12.4 Å². The lowest BCUT2D eigenvalue weighted by Crippen LogP contribution is -2.26. The first-order chi connectivity index (χ1) is 7.17. The summed E-state index contributed by atoms with van der Waals surface area (Å²) in [5.41, 5.74) is 6.19. The molecule has 0 bridgehead atoms. The third-order valence-electron chi connectivity index (χ3n) is 2.19. The molecule has 0 spiro atoms. The first kappa shape index (κ1) is 14.9. The molecule has 1 aromatic rings. The first-order valence-corrected chi connectivity index (χ1v) is 4.69. The normalized spacial score (nSPS) is 11.4. The molecule has 2 N–H and O–H groups in total. The van der Waals surface area contributed by atoms with Gasteiger partial charge in [0.05, 0.1) is 13.0 Å². The zero-order valence-corrected chi connectivity index (χ0v) is 9.80. The Morgan fingerprint density at radius 2 is 2.25 bits per heavy atom. The molecular formula is C11H15ClFNO2. The number of carbonyl (C=O) groups excluding carboxylic acids is 1. The average Bonchev–Trinajstić information content (AvgIpc) is 2.25. The van der Waals surface area contributed by atoms with Crippen molar-refractivity contribution in [2.75, 3.05) is 13.7 Å². The largest absolute Gasteiger partial charge is 0.469 e. The molecule has 3 nitrogen and oxygen atoms in total. The van der Waals surface area contributed by atoms with Crippen LogP contribution in [-0.2, 0) is 16.0 Å². The standard InChI is InChI=1S/C11H14FNO2.ClH/c1-15-11(14)9(7-13)5-8-3-2-4-10(12)6-8;/h2-4,6,9H,5,7,13H2,1H3;1H. The average molecular weight is 248 g/mol.